The molecule has 0 saturated carbocycles. The van der Waals surface area contributed by atoms with Gasteiger partial charge in [0.1, 0.15) is 5.75 Å². The van der Waals surface area contributed by atoms with Crippen molar-refractivity contribution in [3.63, 3.8) is 0 Å². The molecule has 0 spiro atoms. The normalized spacial score (nSPS) is 20.4. The summed E-state index contributed by atoms with van der Waals surface area (Å²) in [5.74, 6) is 1.60. The van der Waals surface area contributed by atoms with E-state index >= 15 is 0 Å². The standard InChI is InChI=1S/C16H25NO2/c1-2-10-17-16(14-8-11-18-13-14)9-12-19-15-6-4-3-5-7-15/h3-7,14,16-17H,2,8-13H2,1H3. The average Bonchev–Trinajstić information content (AvgIpc) is 2.98. The second kappa shape index (κ2) is 8.18. The third-order valence-electron chi connectivity index (χ3n) is 3.63. The zero-order valence-electron chi connectivity index (χ0n) is 11.8. The van der Waals surface area contributed by atoms with E-state index in [1.54, 1.807) is 0 Å². The van der Waals surface area contributed by atoms with Crippen LogP contribution in [0.2, 0.25) is 0 Å². The number of para-hydroxylation sites is 1. The first-order valence-corrected chi connectivity index (χ1v) is 7.39. The summed E-state index contributed by atoms with van der Waals surface area (Å²) in [6.07, 6.45) is 3.39. The van der Waals surface area contributed by atoms with E-state index in [0.29, 0.717) is 12.0 Å². The molecule has 0 aromatic heterocycles. The van der Waals surface area contributed by atoms with Crippen molar-refractivity contribution in [3.8, 4) is 5.75 Å². The molecule has 0 amide bonds. The fourth-order valence-corrected chi connectivity index (χ4v) is 2.52. The Morgan fingerprint density at radius 2 is 2.21 bits per heavy atom. The molecule has 1 fully saturated rings. The number of hydrogen-bond donors (Lipinski definition) is 1. The van der Waals surface area contributed by atoms with Gasteiger partial charge in [0, 0.05) is 12.6 Å². The van der Waals surface area contributed by atoms with Crippen molar-refractivity contribution in [3.05, 3.63) is 30.3 Å². The smallest absolute Gasteiger partial charge is 0.119 e. The lowest BCUT2D eigenvalue weighted by molar-refractivity contribution is 0.170. The summed E-state index contributed by atoms with van der Waals surface area (Å²) in [6.45, 7) is 5.85. The Bertz CT molecular complexity index is 336. The van der Waals surface area contributed by atoms with Gasteiger partial charge in [-0.15, -0.1) is 0 Å². The van der Waals surface area contributed by atoms with Crippen LogP contribution in [0.1, 0.15) is 26.2 Å². The van der Waals surface area contributed by atoms with E-state index in [4.69, 9.17) is 9.47 Å². The van der Waals surface area contributed by atoms with Crippen LogP contribution < -0.4 is 10.1 Å². The molecule has 1 aliphatic heterocycles. The minimum absolute atomic E-state index is 0.520. The molecule has 1 heterocycles. The van der Waals surface area contributed by atoms with E-state index in [1.807, 2.05) is 30.3 Å². The van der Waals surface area contributed by atoms with Crippen molar-refractivity contribution < 1.29 is 9.47 Å². The van der Waals surface area contributed by atoms with Crippen LogP contribution in [0, 0.1) is 5.92 Å². The van der Waals surface area contributed by atoms with Gasteiger partial charge >= 0.3 is 0 Å². The molecular weight excluding hydrogens is 238 g/mol. The van der Waals surface area contributed by atoms with Crippen molar-refractivity contribution in [2.24, 2.45) is 5.92 Å². The predicted octanol–water partition coefficient (Wildman–Crippen LogP) is 2.86. The molecule has 0 aliphatic carbocycles. The summed E-state index contributed by atoms with van der Waals surface area (Å²) < 4.78 is 11.3. The molecule has 1 aromatic rings. The molecule has 19 heavy (non-hydrogen) atoms. The van der Waals surface area contributed by atoms with Crippen molar-refractivity contribution in [1.82, 2.24) is 5.32 Å². The number of rotatable bonds is 8. The Kier molecular flexibility index (Phi) is 6.18. The third kappa shape index (κ3) is 4.84. The molecule has 2 atom stereocenters. The van der Waals surface area contributed by atoms with E-state index < -0.39 is 0 Å². The van der Waals surface area contributed by atoms with Crippen LogP contribution in [0.15, 0.2) is 30.3 Å². The molecule has 3 heteroatoms. The summed E-state index contributed by atoms with van der Waals surface area (Å²) >= 11 is 0. The molecule has 1 N–H and O–H groups in total. The topological polar surface area (TPSA) is 30.5 Å². The molecule has 0 bridgehead atoms. The summed E-state index contributed by atoms with van der Waals surface area (Å²) in [5, 5.41) is 3.64. The minimum Gasteiger partial charge on any atom is -0.494 e. The van der Waals surface area contributed by atoms with Gasteiger partial charge < -0.3 is 14.8 Å². The summed E-state index contributed by atoms with van der Waals surface area (Å²) in [5.41, 5.74) is 0. The van der Waals surface area contributed by atoms with Gasteiger partial charge in [0.25, 0.3) is 0 Å². The van der Waals surface area contributed by atoms with Crippen molar-refractivity contribution in [1.29, 1.82) is 0 Å². The molecule has 2 unspecified atom stereocenters. The third-order valence-corrected chi connectivity index (χ3v) is 3.63. The van der Waals surface area contributed by atoms with Crippen LogP contribution in [-0.4, -0.2) is 32.4 Å². The van der Waals surface area contributed by atoms with Gasteiger partial charge in [0.05, 0.1) is 13.2 Å². The number of nitrogens with one attached hydrogen (secondary N) is 1. The van der Waals surface area contributed by atoms with Gasteiger partial charge in [-0.3, -0.25) is 0 Å². The van der Waals surface area contributed by atoms with Crippen LogP contribution in [0.5, 0.6) is 5.75 Å². The Labute approximate surface area is 116 Å². The molecular formula is C16H25NO2. The SMILES string of the molecule is CCCNC(CCOc1ccccc1)C1CCOC1. The fraction of sp³-hybridized carbons (Fsp3) is 0.625. The van der Waals surface area contributed by atoms with Crippen LogP contribution in [-0.2, 0) is 4.74 Å². The molecule has 106 valence electrons. The first kappa shape index (κ1) is 14.4. The lowest BCUT2D eigenvalue weighted by atomic mass is 9.96. The summed E-state index contributed by atoms with van der Waals surface area (Å²) in [4.78, 5) is 0. The van der Waals surface area contributed by atoms with Gasteiger partial charge in [0.15, 0.2) is 0 Å². The Hall–Kier alpha value is -1.06. The first-order valence-electron chi connectivity index (χ1n) is 7.39. The number of benzene rings is 1. The van der Waals surface area contributed by atoms with E-state index in [0.717, 1.165) is 38.5 Å². The molecule has 1 aromatic carbocycles. The highest BCUT2D eigenvalue weighted by molar-refractivity contribution is 5.20. The quantitative estimate of drug-likeness (QED) is 0.782. The van der Waals surface area contributed by atoms with Crippen molar-refractivity contribution >= 4 is 0 Å². The van der Waals surface area contributed by atoms with Crippen molar-refractivity contribution in [2.75, 3.05) is 26.4 Å². The van der Waals surface area contributed by atoms with Crippen molar-refractivity contribution in [2.45, 2.75) is 32.2 Å². The molecule has 1 aliphatic rings. The van der Waals surface area contributed by atoms with E-state index in [-0.39, 0.29) is 0 Å². The maximum atomic E-state index is 5.80. The van der Waals surface area contributed by atoms with E-state index in [2.05, 4.69) is 12.2 Å². The monoisotopic (exact) mass is 263 g/mol. The number of hydrogen-bond acceptors (Lipinski definition) is 3. The van der Waals surface area contributed by atoms with Crippen LogP contribution in [0.4, 0.5) is 0 Å². The zero-order valence-corrected chi connectivity index (χ0v) is 11.8. The Morgan fingerprint density at radius 1 is 1.37 bits per heavy atom. The van der Waals surface area contributed by atoms with Crippen LogP contribution >= 0.6 is 0 Å². The van der Waals surface area contributed by atoms with Crippen LogP contribution in [0.3, 0.4) is 0 Å². The lowest BCUT2D eigenvalue weighted by Gasteiger charge is -2.23. The molecule has 1 saturated heterocycles. The number of ether oxygens (including phenoxy) is 2. The Balaban J connectivity index is 1.75. The Morgan fingerprint density at radius 3 is 2.89 bits per heavy atom. The highest BCUT2D eigenvalue weighted by atomic mass is 16.5. The van der Waals surface area contributed by atoms with Gasteiger partial charge in [-0.2, -0.15) is 0 Å². The van der Waals surface area contributed by atoms with Gasteiger partial charge in [-0.05, 0) is 43.9 Å². The molecule has 2 rings (SSSR count). The maximum Gasteiger partial charge on any atom is 0.119 e. The van der Waals surface area contributed by atoms with Gasteiger partial charge in [-0.25, -0.2) is 0 Å². The maximum absolute atomic E-state index is 5.80. The van der Waals surface area contributed by atoms with Crippen LogP contribution in [0.25, 0.3) is 0 Å². The van der Waals surface area contributed by atoms with E-state index in [9.17, 15) is 0 Å². The molecule has 3 nitrogen and oxygen atoms in total. The highest BCUT2D eigenvalue weighted by Gasteiger charge is 2.24. The molecule has 0 radical (unpaired) electrons. The highest BCUT2D eigenvalue weighted by Crippen LogP contribution is 2.19. The predicted molar refractivity (Wildman–Crippen MR) is 77.6 cm³/mol. The summed E-state index contributed by atoms with van der Waals surface area (Å²) in [7, 11) is 0. The van der Waals surface area contributed by atoms with Gasteiger partial charge in [0.2, 0.25) is 0 Å². The fourth-order valence-electron chi connectivity index (χ4n) is 2.52. The largest absolute Gasteiger partial charge is 0.494 e. The lowest BCUT2D eigenvalue weighted by Crippen LogP contribution is -2.38. The minimum atomic E-state index is 0.520. The summed E-state index contributed by atoms with van der Waals surface area (Å²) in [6, 6.07) is 10.6. The first-order chi connectivity index (χ1) is 9.40. The van der Waals surface area contributed by atoms with E-state index in [1.165, 1.54) is 12.8 Å². The van der Waals surface area contributed by atoms with Gasteiger partial charge in [-0.1, -0.05) is 25.1 Å². The zero-order chi connectivity index (χ0) is 13.3. The average molecular weight is 263 g/mol. The second-order valence-corrected chi connectivity index (χ2v) is 5.13. The second-order valence-electron chi connectivity index (χ2n) is 5.13.